The predicted molar refractivity (Wildman–Crippen MR) is 170 cm³/mol. The quantitative estimate of drug-likeness (QED) is 0.179. The smallest absolute Gasteiger partial charge is 0.0565 e. The maximum Gasteiger partial charge on any atom is 0.0565 e. The van der Waals surface area contributed by atoms with Gasteiger partial charge < -0.3 is 9.13 Å². The minimum atomic E-state index is 0.955. The summed E-state index contributed by atoms with van der Waals surface area (Å²) in [5, 5.41) is 0. The van der Waals surface area contributed by atoms with Crippen LogP contribution in [0, 0.1) is 0 Å². The molecule has 0 aliphatic rings. The molecule has 0 spiro atoms. The molecule has 2 aromatic heterocycles. The molecule has 0 aliphatic carbocycles. The fourth-order valence-electron chi connectivity index (χ4n) is 5.93. The average Bonchev–Trinajstić information content (AvgIpc) is 3.58. The van der Waals surface area contributed by atoms with Crippen molar-refractivity contribution in [1.29, 1.82) is 0 Å². The highest BCUT2D eigenvalue weighted by Gasteiger charge is 2.25. The highest BCUT2D eigenvalue weighted by atomic mass is 15.0. The summed E-state index contributed by atoms with van der Waals surface area (Å²) in [5.41, 5.74) is 12.6. The fraction of sp³-hybridized carbons (Fsp3) is 0.158. The Hall–Kier alpha value is -4.56. The number of aromatic nitrogens is 2. The molecule has 0 aliphatic heterocycles. The van der Waals surface area contributed by atoms with E-state index in [0.29, 0.717) is 0 Å². The number of benzene rings is 4. The monoisotopic (exact) mass is 520 g/mol. The molecule has 0 bridgehead atoms. The van der Waals surface area contributed by atoms with Crippen molar-refractivity contribution in [2.75, 3.05) is 0 Å². The Balaban J connectivity index is 1.72. The molecule has 0 amide bonds. The summed E-state index contributed by atoms with van der Waals surface area (Å²) in [4.78, 5) is 0. The molecule has 2 heteroatoms. The third-order valence-electron chi connectivity index (χ3n) is 7.61. The molecule has 0 unspecified atom stereocenters. The summed E-state index contributed by atoms with van der Waals surface area (Å²) >= 11 is 0. The van der Waals surface area contributed by atoms with Gasteiger partial charge in [-0.2, -0.15) is 0 Å². The van der Waals surface area contributed by atoms with Crippen LogP contribution >= 0.6 is 0 Å². The van der Waals surface area contributed by atoms with Crippen molar-refractivity contribution >= 4 is 0 Å². The second-order valence-corrected chi connectivity index (χ2v) is 10.4. The molecule has 2 nitrogen and oxygen atoms in total. The molecule has 2 heterocycles. The van der Waals surface area contributed by atoms with Crippen LogP contribution in [0.3, 0.4) is 0 Å². The van der Waals surface area contributed by atoms with E-state index in [2.05, 4.69) is 156 Å². The largest absolute Gasteiger partial charge is 0.340 e. The molecular formula is C38H36N2. The van der Waals surface area contributed by atoms with Crippen molar-refractivity contribution in [2.45, 2.75) is 39.8 Å². The van der Waals surface area contributed by atoms with Crippen molar-refractivity contribution in [3.8, 4) is 56.2 Å². The SMILES string of the molecule is CCCn1c(-c2ccccc2)cc(-c2cc(-c3ccccc3)n(CCC)c2-c2ccccc2)c1-c1ccccc1. The topological polar surface area (TPSA) is 9.86 Å². The molecule has 40 heavy (non-hydrogen) atoms. The first-order chi connectivity index (χ1) is 19.8. The van der Waals surface area contributed by atoms with E-state index >= 15 is 0 Å². The van der Waals surface area contributed by atoms with Crippen molar-refractivity contribution in [2.24, 2.45) is 0 Å². The van der Waals surface area contributed by atoms with E-state index in [-0.39, 0.29) is 0 Å². The normalized spacial score (nSPS) is 11.2. The molecule has 0 atom stereocenters. The van der Waals surface area contributed by atoms with E-state index in [0.717, 1.165) is 25.9 Å². The Morgan fingerprint density at radius 2 is 0.700 bits per heavy atom. The van der Waals surface area contributed by atoms with Gasteiger partial charge in [0, 0.05) is 35.6 Å². The van der Waals surface area contributed by atoms with Crippen LogP contribution in [0.1, 0.15) is 26.7 Å². The van der Waals surface area contributed by atoms with Crippen molar-refractivity contribution in [1.82, 2.24) is 9.13 Å². The van der Waals surface area contributed by atoms with Crippen LogP contribution in [-0.2, 0) is 13.1 Å². The Bertz CT molecular complexity index is 1550. The van der Waals surface area contributed by atoms with E-state index in [1.165, 1.54) is 56.2 Å². The van der Waals surface area contributed by atoms with Crippen LogP contribution in [-0.4, -0.2) is 9.13 Å². The second kappa shape index (κ2) is 11.7. The van der Waals surface area contributed by atoms with Crippen LogP contribution in [0.15, 0.2) is 133 Å². The zero-order valence-corrected chi connectivity index (χ0v) is 23.4. The lowest BCUT2D eigenvalue weighted by Gasteiger charge is -2.16. The molecule has 6 rings (SSSR count). The van der Waals surface area contributed by atoms with Crippen molar-refractivity contribution in [3.05, 3.63) is 133 Å². The van der Waals surface area contributed by atoms with Gasteiger partial charge >= 0.3 is 0 Å². The number of hydrogen-bond acceptors (Lipinski definition) is 0. The van der Waals surface area contributed by atoms with Gasteiger partial charge in [0.05, 0.1) is 11.4 Å². The maximum absolute atomic E-state index is 2.54. The van der Waals surface area contributed by atoms with Gasteiger partial charge in [-0.15, -0.1) is 0 Å². The Morgan fingerprint density at radius 3 is 1.00 bits per heavy atom. The zero-order valence-electron chi connectivity index (χ0n) is 23.4. The Kier molecular flexibility index (Phi) is 7.50. The van der Waals surface area contributed by atoms with Crippen LogP contribution in [0.25, 0.3) is 56.2 Å². The lowest BCUT2D eigenvalue weighted by Crippen LogP contribution is -2.03. The molecule has 0 fully saturated rings. The first-order valence-corrected chi connectivity index (χ1v) is 14.5. The molecule has 0 saturated carbocycles. The third-order valence-corrected chi connectivity index (χ3v) is 7.61. The Morgan fingerprint density at radius 1 is 0.400 bits per heavy atom. The lowest BCUT2D eigenvalue weighted by molar-refractivity contribution is 0.694. The molecule has 6 aromatic rings. The molecule has 198 valence electrons. The minimum absolute atomic E-state index is 0.955. The van der Waals surface area contributed by atoms with Gasteiger partial charge in [0.1, 0.15) is 0 Å². The van der Waals surface area contributed by atoms with E-state index < -0.39 is 0 Å². The summed E-state index contributed by atoms with van der Waals surface area (Å²) in [6.07, 6.45) is 2.12. The van der Waals surface area contributed by atoms with Gasteiger partial charge in [0.25, 0.3) is 0 Å². The van der Waals surface area contributed by atoms with Crippen molar-refractivity contribution in [3.63, 3.8) is 0 Å². The van der Waals surface area contributed by atoms with Crippen LogP contribution in [0.2, 0.25) is 0 Å². The number of rotatable bonds is 9. The predicted octanol–water partition coefficient (Wildman–Crippen LogP) is 10.4. The van der Waals surface area contributed by atoms with Gasteiger partial charge in [-0.25, -0.2) is 0 Å². The van der Waals surface area contributed by atoms with Crippen LogP contribution in [0.5, 0.6) is 0 Å². The molecule has 0 radical (unpaired) electrons. The molecule has 0 N–H and O–H groups in total. The average molecular weight is 521 g/mol. The van der Waals surface area contributed by atoms with Gasteiger partial charge in [0.15, 0.2) is 0 Å². The van der Waals surface area contributed by atoms with Gasteiger partial charge in [0.2, 0.25) is 0 Å². The van der Waals surface area contributed by atoms with Gasteiger partial charge in [-0.05, 0) is 47.2 Å². The summed E-state index contributed by atoms with van der Waals surface area (Å²) in [6, 6.07) is 48.4. The highest BCUT2D eigenvalue weighted by Crippen LogP contribution is 2.46. The zero-order chi connectivity index (χ0) is 27.3. The lowest BCUT2D eigenvalue weighted by atomic mass is 9.97. The minimum Gasteiger partial charge on any atom is -0.340 e. The highest BCUT2D eigenvalue weighted by molar-refractivity contribution is 5.95. The molecule has 4 aromatic carbocycles. The van der Waals surface area contributed by atoms with E-state index in [9.17, 15) is 0 Å². The standard InChI is InChI=1S/C38H36N2/c1-3-25-39-35(29-17-9-5-10-18-29)27-33(37(39)31-21-13-7-14-22-31)34-28-36(30-19-11-6-12-20-30)40(26-4-2)38(34)32-23-15-8-16-24-32/h5-24,27-28H,3-4,25-26H2,1-2H3. The fourth-order valence-corrected chi connectivity index (χ4v) is 5.93. The number of nitrogens with zero attached hydrogens (tertiary/aromatic N) is 2. The molecular weight excluding hydrogens is 484 g/mol. The Labute approximate surface area is 238 Å². The third kappa shape index (κ3) is 4.82. The van der Waals surface area contributed by atoms with E-state index in [1.807, 2.05) is 0 Å². The van der Waals surface area contributed by atoms with Crippen molar-refractivity contribution < 1.29 is 0 Å². The first-order valence-electron chi connectivity index (χ1n) is 14.5. The summed E-state index contributed by atoms with van der Waals surface area (Å²) in [7, 11) is 0. The van der Waals surface area contributed by atoms with E-state index in [4.69, 9.17) is 0 Å². The van der Waals surface area contributed by atoms with E-state index in [1.54, 1.807) is 0 Å². The van der Waals surface area contributed by atoms with Crippen LogP contribution < -0.4 is 0 Å². The summed E-state index contributed by atoms with van der Waals surface area (Å²) in [5.74, 6) is 0. The first kappa shape index (κ1) is 25.7. The summed E-state index contributed by atoms with van der Waals surface area (Å²) in [6.45, 7) is 6.44. The molecule has 0 saturated heterocycles. The second-order valence-electron chi connectivity index (χ2n) is 10.4. The van der Waals surface area contributed by atoms with Crippen LogP contribution in [0.4, 0.5) is 0 Å². The van der Waals surface area contributed by atoms with Gasteiger partial charge in [-0.3, -0.25) is 0 Å². The van der Waals surface area contributed by atoms with Gasteiger partial charge in [-0.1, -0.05) is 135 Å². The number of hydrogen-bond donors (Lipinski definition) is 0. The maximum atomic E-state index is 2.54. The summed E-state index contributed by atoms with van der Waals surface area (Å²) < 4.78 is 5.07.